The monoisotopic (exact) mass is 381 g/mol. The van der Waals surface area contributed by atoms with Gasteiger partial charge in [-0.3, -0.25) is 4.99 Å². The van der Waals surface area contributed by atoms with E-state index in [4.69, 9.17) is 0 Å². The molecule has 0 aliphatic heterocycles. The van der Waals surface area contributed by atoms with Crippen molar-refractivity contribution in [1.29, 1.82) is 0 Å². The van der Waals surface area contributed by atoms with Crippen LogP contribution in [-0.4, -0.2) is 6.21 Å². The molecule has 0 saturated heterocycles. The molecule has 0 atom stereocenters. The number of hydrogen-bond donors (Lipinski definition) is 0. The molecular weight excluding hydrogens is 350 g/mol. The predicted octanol–water partition coefficient (Wildman–Crippen LogP) is 7.96. The molecule has 0 bridgehead atoms. The van der Waals surface area contributed by atoms with Crippen LogP contribution >= 0.6 is 0 Å². The lowest BCUT2D eigenvalue weighted by Gasteiger charge is -2.04. The van der Waals surface area contributed by atoms with Crippen LogP contribution in [0.4, 0.5) is 5.69 Å². The third-order valence-electron chi connectivity index (χ3n) is 5.16. The maximum atomic E-state index is 4.63. The fraction of sp³-hybridized carbons (Fsp3) is 0.250. The molecule has 148 valence electrons. The van der Waals surface area contributed by atoms with E-state index < -0.39 is 0 Å². The highest BCUT2D eigenvalue weighted by Crippen LogP contribution is 2.23. The van der Waals surface area contributed by atoms with Crippen molar-refractivity contribution >= 4 is 11.9 Å². The van der Waals surface area contributed by atoms with Crippen LogP contribution in [0, 0.1) is 0 Å². The Morgan fingerprint density at radius 3 is 1.93 bits per heavy atom. The van der Waals surface area contributed by atoms with Gasteiger partial charge in [0, 0.05) is 6.21 Å². The van der Waals surface area contributed by atoms with E-state index in [1.807, 2.05) is 12.3 Å². The first-order valence-electron chi connectivity index (χ1n) is 10.7. The molecule has 0 radical (unpaired) electrons. The lowest BCUT2D eigenvalue weighted by atomic mass is 10.0. The lowest BCUT2D eigenvalue weighted by molar-refractivity contribution is 0.748. The molecule has 1 heteroatoms. The van der Waals surface area contributed by atoms with Gasteiger partial charge in [-0.1, -0.05) is 80.1 Å². The van der Waals surface area contributed by atoms with Crippen molar-refractivity contribution in [3.63, 3.8) is 0 Å². The van der Waals surface area contributed by atoms with Gasteiger partial charge in [-0.2, -0.15) is 0 Å². The molecule has 0 saturated carbocycles. The summed E-state index contributed by atoms with van der Waals surface area (Å²) in [6, 6.07) is 26.1. The Kier molecular flexibility index (Phi) is 8.01. The average molecular weight is 382 g/mol. The van der Waals surface area contributed by atoms with Crippen LogP contribution in [0.15, 0.2) is 90.4 Å². The van der Waals surface area contributed by atoms with Crippen molar-refractivity contribution in [2.45, 2.75) is 45.4 Å². The highest BCUT2D eigenvalue weighted by atomic mass is 14.7. The van der Waals surface area contributed by atoms with Crippen molar-refractivity contribution < 1.29 is 0 Å². The SMILES string of the molecule is C=CCCCCc1ccc(C=Nc2ccc(-c3ccc(CCC)cc3)cc2)cc1. The summed E-state index contributed by atoms with van der Waals surface area (Å²) in [5.41, 5.74) is 7.39. The van der Waals surface area contributed by atoms with Gasteiger partial charge < -0.3 is 0 Å². The summed E-state index contributed by atoms with van der Waals surface area (Å²) in [4.78, 5) is 4.63. The van der Waals surface area contributed by atoms with Crippen LogP contribution in [-0.2, 0) is 12.8 Å². The first-order valence-corrected chi connectivity index (χ1v) is 10.7. The molecule has 0 aliphatic rings. The zero-order valence-corrected chi connectivity index (χ0v) is 17.5. The Morgan fingerprint density at radius 2 is 1.31 bits per heavy atom. The van der Waals surface area contributed by atoms with Crippen molar-refractivity contribution in [1.82, 2.24) is 0 Å². The van der Waals surface area contributed by atoms with E-state index in [0.29, 0.717) is 0 Å². The minimum absolute atomic E-state index is 0.977. The summed E-state index contributed by atoms with van der Waals surface area (Å²) < 4.78 is 0. The van der Waals surface area contributed by atoms with E-state index in [1.165, 1.54) is 41.5 Å². The second kappa shape index (κ2) is 11.2. The Balaban J connectivity index is 1.57. The first-order chi connectivity index (χ1) is 14.3. The van der Waals surface area contributed by atoms with E-state index in [1.54, 1.807) is 0 Å². The molecule has 0 aromatic heterocycles. The zero-order chi connectivity index (χ0) is 20.3. The second-order valence-corrected chi connectivity index (χ2v) is 7.53. The Labute approximate surface area is 175 Å². The van der Waals surface area contributed by atoms with E-state index in [-0.39, 0.29) is 0 Å². The first kappa shape index (κ1) is 20.8. The normalized spacial score (nSPS) is 11.1. The molecule has 3 aromatic carbocycles. The standard InChI is InChI=1S/C28H31N/c1-3-5-6-7-9-24-10-12-25(13-11-24)22-29-28-20-18-27(19-21-28)26-16-14-23(8-4-2)15-17-26/h3,10-22H,1,4-9H2,2H3. The van der Waals surface area contributed by atoms with E-state index in [9.17, 15) is 0 Å². The Morgan fingerprint density at radius 1 is 0.724 bits per heavy atom. The Hall–Kier alpha value is -2.93. The number of unbranched alkanes of at least 4 members (excludes halogenated alkanes) is 2. The van der Waals surface area contributed by atoms with Crippen molar-refractivity contribution in [2.75, 3.05) is 0 Å². The van der Waals surface area contributed by atoms with E-state index in [0.717, 1.165) is 30.5 Å². The van der Waals surface area contributed by atoms with E-state index >= 15 is 0 Å². The second-order valence-electron chi connectivity index (χ2n) is 7.53. The third-order valence-corrected chi connectivity index (χ3v) is 5.16. The van der Waals surface area contributed by atoms with Gasteiger partial charge in [-0.15, -0.1) is 6.58 Å². The summed E-state index contributed by atoms with van der Waals surface area (Å²) in [7, 11) is 0. The molecule has 1 nitrogen and oxygen atoms in total. The van der Waals surface area contributed by atoms with Gasteiger partial charge in [0.2, 0.25) is 0 Å². The van der Waals surface area contributed by atoms with Crippen molar-refractivity contribution in [2.24, 2.45) is 4.99 Å². The number of rotatable bonds is 10. The number of aryl methyl sites for hydroxylation is 2. The van der Waals surface area contributed by atoms with Gasteiger partial charge in [-0.05, 0) is 72.1 Å². The van der Waals surface area contributed by atoms with Gasteiger partial charge in [0.15, 0.2) is 0 Å². The maximum Gasteiger partial charge on any atom is 0.0630 e. The highest BCUT2D eigenvalue weighted by molar-refractivity contribution is 5.82. The summed E-state index contributed by atoms with van der Waals surface area (Å²) in [6.07, 6.45) is 10.9. The lowest BCUT2D eigenvalue weighted by Crippen LogP contribution is -1.87. The van der Waals surface area contributed by atoms with Crippen LogP contribution in [0.1, 0.15) is 49.3 Å². The number of benzene rings is 3. The number of hydrogen-bond acceptors (Lipinski definition) is 1. The van der Waals surface area contributed by atoms with Gasteiger partial charge in [0.05, 0.1) is 5.69 Å². The molecule has 3 aromatic rings. The quantitative estimate of drug-likeness (QED) is 0.192. The molecular formula is C28H31N. The van der Waals surface area contributed by atoms with Crippen LogP contribution in [0.5, 0.6) is 0 Å². The zero-order valence-electron chi connectivity index (χ0n) is 17.5. The summed E-state index contributed by atoms with van der Waals surface area (Å²) in [5, 5.41) is 0. The number of aliphatic imine (C=N–C) groups is 1. The van der Waals surface area contributed by atoms with Crippen LogP contribution in [0.2, 0.25) is 0 Å². The molecule has 0 aliphatic carbocycles. The summed E-state index contributed by atoms with van der Waals surface area (Å²) >= 11 is 0. The Bertz CT molecular complexity index is 900. The van der Waals surface area contributed by atoms with E-state index in [2.05, 4.69) is 91.3 Å². The van der Waals surface area contributed by atoms with Crippen LogP contribution in [0.3, 0.4) is 0 Å². The smallest absolute Gasteiger partial charge is 0.0630 e. The minimum Gasteiger partial charge on any atom is -0.256 e. The molecule has 3 rings (SSSR count). The van der Waals surface area contributed by atoms with Gasteiger partial charge in [0.1, 0.15) is 0 Å². The van der Waals surface area contributed by atoms with Crippen molar-refractivity contribution in [3.8, 4) is 11.1 Å². The fourth-order valence-electron chi connectivity index (χ4n) is 3.43. The molecule has 0 spiro atoms. The largest absolute Gasteiger partial charge is 0.256 e. The highest BCUT2D eigenvalue weighted by Gasteiger charge is 1.99. The topological polar surface area (TPSA) is 12.4 Å². The number of nitrogens with zero attached hydrogens (tertiary/aromatic N) is 1. The minimum atomic E-state index is 0.977. The molecule has 0 fully saturated rings. The fourth-order valence-corrected chi connectivity index (χ4v) is 3.43. The summed E-state index contributed by atoms with van der Waals surface area (Å²) in [6.45, 7) is 5.99. The van der Waals surface area contributed by atoms with Gasteiger partial charge in [-0.25, -0.2) is 0 Å². The van der Waals surface area contributed by atoms with Gasteiger partial charge >= 0.3 is 0 Å². The van der Waals surface area contributed by atoms with Crippen LogP contribution < -0.4 is 0 Å². The van der Waals surface area contributed by atoms with Crippen molar-refractivity contribution in [3.05, 3.63) is 102 Å². The molecule has 0 heterocycles. The summed E-state index contributed by atoms with van der Waals surface area (Å²) in [5.74, 6) is 0. The molecule has 0 unspecified atom stereocenters. The maximum absolute atomic E-state index is 4.63. The average Bonchev–Trinajstić information content (AvgIpc) is 2.77. The molecule has 0 N–H and O–H groups in total. The van der Waals surface area contributed by atoms with Crippen LogP contribution in [0.25, 0.3) is 11.1 Å². The predicted molar refractivity (Wildman–Crippen MR) is 127 cm³/mol. The molecule has 0 amide bonds. The third kappa shape index (κ3) is 6.57. The number of allylic oxidation sites excluding steroid dienone is 1. The van der Waals surface area contributed by atoms with Gasteiger partial charge in [0.25, 0.3) is 0 Å². The molecule has 29 heavy (non-hydrogen) atoms.